The lowest BCUT2D eigenvalue weighted by atomic mass is 9.97. The Morgan fingerprint density at radius 2 is 1.81 bits per heavy atom. The first-order chi connectivity index (χ1) is 15.5. The largest absolute Gasteiger partial charge is 0.339 e. The summed E-state index contributed by atoms with van der Waals surface area (Å²) in [6, 6.07) is 9.77. The molecule has 3 aromatic rings. The molecular formula is C25H30N6O. The van der Waals surface area contributed by atoms with Crippen molar-refractivity contribution in [2.24, 2.45) is 7.05 Å². The molecule has 1 amide bonds. The van der Waals surface area contributed by atoms with E-state index in [-0.39, 0.29) is 5.91 Å². The van der Waals surface area contributed by atoms with Crippen LogP contribution in [0.15, 0.2) is 30.5 Å². The molecule has 32 heavy (non-hydrogen) atoms. The second kappa shape index (κ2) is 7.37. The summed E-state index contributed by atoms with van der Waals surface area (Å²) < 4.78 is 1.86. The minimum Gasteiger partial charge on any atom is -0.339 e. The molecule has 6 rings (SSSR count). The average Bonchev–Trinajstić information content (AvgIpc) is 3.44. The van der Waals surface area contributed by atoms with Crippen molar-refractivity contribution in [2.75, 3.05) is 7.05 Å². The molecule has 0 radical (unpaired) electrons. The van der Waals surface area contributed by atoms with Gasteiger partial charge in [-0.15, -0.1) is 0 Å². The van der Waals surface area contributed by atoms with E-state index in [4.69, 9.17) is 5.10 Å². The summed E-state index contributed by atoms with van der Waals surface area (Å²) in [5.74, 6) is 1.73. The van der Waals surface area contributed by atoms with E-state index in [1.165, 1.54) is 18.4 Å². The Bertz CT molecular complexity index is 1170. The second-order valence-corrected chi connectivity index (χ2v) is 9.91. The number of rotatable bonds is 4. The van der Waals surface area contributed by atoms with Crippen LogP contribution < -0.4 is 5.32 Å². The fourth-order valence-electron chi connectivity index (χ4n) is 5.87. The molecule has 4 heterocycles. The van der Waals surface area contributed by atoms with Crippen molar-refractivity contribution < 1.29 is 4.79 Å². The fraction of sp³-hybridized carbons (Fsp3) is 0.520. The van der Waals surface area contributed by atoms with E-state index in [1.54, 1.807) is 0 Å². The summed E-state index contributed by atoms with van der Waals surface area (Å²) in [5.41, 5.74) is 4.05. The molecule has 3 aliphatic rings. The minimum absolute atomic E-state index is 0.137. The summed E-state index contributed by atoms with van der Waals surface area (Å²) in [7, 11) is 3.92. The van der Waals surface area contributed by atoms with Gasteiger partial charge >= 0.3 is 0 Å². The number of piperidine rings is 1. The number of benzene rings is 1. The highest BCUT2D eigenvalue weighted by Gasteiger charge is 2.43. The van der Waals surface area contributed by atoms with Gasteiger partial charge in [-0.1, -0.05) is 12.1 Å². The molecule has 0 spiro atoms. The molecular weight excluding hydrogens is 400 g/mol. The van der Waals surface area contributed by atoms with E-state index in [0.29, 0.717) is 30.0 Å². The van der Waals surface area contributed by atoms with Gasteiger partial charge in [0, 0.05) is 49.9 Å². The summed E-state index contributed by atoms with van der Waals surface area (Å²) in [5, 5.41) is 9.47. The molecule has 1 aromatic carbocycles. The zero-order valence-corrected chi connectivity index (χ0v) is 19.0. The Morgan fingerprint density at radius 3 is 2.53 bits per heavy atom. The molecule has 7 heteroatoms. The third kappa shape index (κ3) is 3.30. The Hall–Kier alpha value is -2.80. The van der Waals surface area contributed by atoms with Crippen molar-refractivity contribution >= 4 is 16.9 Å². The maximum Gasteiger partial charge on any atom is 0.253 e. The second-order valence-electron chi connectivity index (χ2n) is 9.91. The number of aryl methyl sites for hydroxylation is 2. The number of hydrogen-bond donors (Lipinski definition) is 1. The van der Waals surface area contributed by atoms with E-state index in [0.717, 1.165) is 47.4 Å². The number of carbonyl (C=O) groups is 1. The Kier molecular flexibility index (Phi) is 4.57. The van der Waals surface area contributed by atoms with Crippen LogP contribution in [0.25, 0.3) is 11.0 Å². The third-order valence-corrected chi connectivity index (χ3v) is 7.77. The number of hydrogen-bond acceptors (Lipinski definition) is 5. The van der Waals surface area contributed by atoms with Gasteiger partial charge in [-0.05, 0) is 62.6 Å². The zero-order chi connectivity index (χ0) is 22.0. The Morgan fingerprint density at radius 1 is 1.09 bits per heavy atom. The van der Waals surface area contributed by atoms with Gasteiger partial charge in [-0.3, -0.25) is 9.48 Å². The number of nitrogens with one attached hydrogen (secondary N) is 1. The van der Waals surface area contributed by atoms with Gasteiger partial charge in [-0.25, -0.2) is 9.97 Å². The Labute approximate surface area is 188 Å². The number of aromatic nitrogens is 4. The van der Waals surface area contributed by atoms with Gasteiger partial charge in [0.2, 0.25) is 0 Å². The van der Waals surface area contributed by atoms with Crippen molar-refractivity contribution in [3.05, 3.63) is 53.1 Å². The van der Waals surface area contributed by atoms with Crippen LogP contribution in [0.4, 0.5) is 0 Å². The lowest BCUT2D eigenvalue weighted by Crippen LogP contribution is -2.48. The molecule has 5 atom stereocenters. The summed E-state index contributed by atoms with van der Waals surface area (Å²) in [4.78, 5) is 24.0. The van der Waals surface area contributed by atoms with E-state index in [9.17, 15) is 4.79 Å². The minimum atomic E-state index is 0.137. The van der Waals surface area contributed by atoms with Crippen LogP contribution in [0.2, 0.25) is 0 Å². The molecule has 3 fully saturated rings. The quantitative estimate of drug-likeness (QED) is 0.687. The molecule has 3 unspecified atom stereocenters. The van der Waals surface area contributed by atoms with Gasteiger partial charge in [0.25, 0.3) is 5.91 Å². The van der Waals surface area contributed by atoms with Crippen LogP contribution in [0.3, 0.4) is 0 Å². The van der Waals surface area contributed by atoms with Gasteiger partial charge in [0.15, 0.2) is 5.65 Å². The SMILES string of the molecule is Cc1ncc2c(C3CC3c3ccc(C(=O)N(C)C4C[C@H]5CC[C@@H](C4)N5)cc3)nn(C)c2n1. The van der Waals surface area contributed by atoms with Crippen LogP contribution in [0.5, 0.6) is 0 Å². The topological polar surface area (TPSA) is 75.9 Å². The van der Waals surface area contributed by atoms with Crippen molar-refractivity contribution in [1.29, 1.82) is 0 Å². The van der Waals surface area contributed by atoms with Crippen LogP contribution in [-0.4, -0.2) is 55.7 Å². The highest BCUT2D eigenvalue weighted by molar-refractivity contribution is 5.94. The molecule has 2 aromatic heterocycles. The van der Waals surface area contributed by atoms with E-state index < -0.39 is 0 Å². The fourth-order valence-corrected chi connectivity index (χ4v) is 5.87. The number of carbonyl (C=O) groups excluding carboxylic acids is 1. The van der Waals surface area contributed by atoms with E-state index >= 15 is 0 Å². The molecule has 7 nitrogen and oxygen atoms in total. The molecule has 2 aliphatic heterocycles. The van der Waals surface area contributed by atoms with Crippen LogP contribution in [0.1, 0.15) is 71.4 Å². The molecule has 1 saturated carbocycles. The predicted octanol–water partition coefficient (Wildman–Crippen LogP) is 3.30. The van der Waals surface area contributed by atoms with Crippen molar-refractivity contribution in [1.82, 2.24) is 30.0 Å². The highest BCUT2D eigenvalue weighted by atomic mass is 16.2. The molecule has 1 aliphatic carbocycles. The molecule has 166 valence electrons. The highest BCUT2D eigenvalue weighted by Crippen LogP contribution is 2.55. The maximum atomic E-state index is 13.1. The number of nitrogens with zero attached hydrogens (tertiary/aromatic N) is 5. The monoisotopic (exact) mass is 430 g/mol. The first-order valence-electron chi connectivity index (χ1n) is 11.8. The van der Waals surface area contributed by atoms with E-state index in [2.05, 4.69) is 27.4 Å². The molecule has 2 saturated heterocycles. The van der Waals surface area contributed by atoms with Crippen LogP contribution in [-0.2, 0) is 7.05 Å². The first kappa shape index (κ1) is 19.9. The summed E-state index contributed by atoms with van der Waals surface area (Å²) in [6.07, 6.45) is 7.62. The summed E-state index contributed by atoms with van der Waals surface area (Å²) in [6.45, 7) is 1.90. The van der Waals surface area contributed by atoms with Gasteiger partial charge in [-0.2, -0.15) is 5.10 Å². The molecule has 1 N–H and O–H groups in total. The first-order valence-corrected chi connectivity index (χ1v) is 11.8. The molecule has 2 bridgehead atoms. The average molecular weight is 431 g/mol. The zero-order valence-electron chi connectivity index (χ0n) is 19.0. The lowest BCUT2D eigenvalue weighted by Gasteiger charge is -2.35. The van der Waals surface area contributed by atoms with Crippen LogP contribution >= 0.6 is 0 Å². The smallest absolute Gasteiger partial charge is 0.253 e. The van der Waals surface area contributed by atoms with Crippen molar-refractivity contribution in [3.8, 4) is 0 Å². The maximum absolute atomic E-state index is 13.1. The van der Waals surface area contributed by atoms with E-state index in [1.807, 2.05) is 48.9 Å². The lowest BCUT2D eigenvalue weighted by molar-refractivity contribution is 0.0681. The van der Waals surface area contributed by atoms with Crippen molar-refractivity contribution in [2.45, 2.75) is 69.0 Å². The number of fused-ring (bicyclic) bond motifs is 3. The third-order valence-electron chi connectivity index (χ3n) is 7.77. The standard InChI is InChI=1S/C25H30N6O/c1-14-26-13-22-23(29-31(3)24(22)27-14)21-12-20(21)15-4-6-16(7-5-15)25(32)30(2)19-10-17-8-9-18(11-19)28-17/h4-7,13,17-21,28H,8-12H2,1-3H3/t17-,18+,19?,20?,21?. The Balaban J connectivity index is 1.16. The van der Waals surface area contributed by atoms with Gasteiger partial charge < -0.3 is 10.2 Å². The summed E-state index contributed by atoms with van der Waals surface area (Å²) >= 11 is 0. The van der Waals surface area contributed by atoms with Crippen molar-refractivity contribution in [3.63, 3.8) is 0 Å². The number of amides is 1. The van der Waals surface area contributed by atoms with Gasteiger partial charge in [0.05, 0.1) is 11.1 Å². The predicted molar refractivity (Wildman–Crippen MR) is 123 cm³/mol. The van der Waals surface area contributed by atoms with Gasteiger partial charge in [0.1, 0.15) is 5.82 Å². The van der Waals surface area contributed by atoms with Crippen LogP contribution in [0, 0.1) is 6.92 Å². The normalized spacial score (nSPS) is 28.8.